The summed E-state index contributed by atoms with van der Waals surface area (Å²) in [5, 5.41) is 0. The molecule has 0 radical (unpaired) electrons. The molecule has 0 bridgehead atoms. The first-order chi connectivity index (χ1) is 7.56. The van der Waals surface area contributed by atoms with Gasteiger partial charge in [0, 0.05) is 19.3 Å². The summed E-state index contributed by atoms with van der Waals surface area (Å²) in [5.41, 5.74) is 0. The van der Waals surface area contributed by atoms with Crippen LogP contribution in [0.3, 0.4) is 0 Å². The number of Topliss-reactive ketones (excluding diaryl/α,β-unsaturated/α-hetero) is 3. The van der Waals surface area contributed by atoms with Crippen LogP contribution in [0.2, 0.25) is 0 Å². The molecule has 0 aromatic heterocycles. The number of carbonyl (C=O) groups is 3. The fourth-order valence-electron chi connectivity index (χ4n) is 1.46. The third kappa shape index (κ3) is 9.56. The number of unbranched alkanes of at least 4 members (excludes halogenated alkanes) is 3. The topological polar surface area (TPSA) is 51.2 Å². The lowest BCUT2D eigenvalue weighted by atomic mass is 10.0. The van der Waals surface area contributed by atoms with Crippen molar-refractivity contribution >= 4 is 17.3 Å². The van der Waals surface area contributed by atoms with E-state index in [0.717, 1.165) is 25.7 Å². The molecule has 0 unspecified atom stereocenters. The minimum atomic E-state index is -0.101. The van der Waals surface area contributed by atoms with Crippen LogP contribution in [0.5, 0.6) is 0 Å². The van der Waals surface area contributed by atoms with E-state index in [0.29, 0.717) is 6.42 Å². The minimum Gasteiger partial charge on any atom is -0.300 e. The van der Waals surface area contributed by atoms with Gasteiger partial charge in [0.15, 0.2) is 0 Å². The number of ketones is 3. The number of rotatable bonds is 10. The molecule has 0 N–H and O–H groups in total. The molecule has 0 fully saturated rings. The quantitative estimate of drug-likeness (QED) is 0.425. The van der Waals surface area contributed by atoms with Gasteiger partial charge in [-0.2, -0.15) is 0 Å². The molecule has 0 saturated carbocycles. The van der Waals surface area contributed by atoms with Gasteiger partial charge in [-0.1, -0.05) is 26.2 Å². The molecule has 0 atom stereocenters. The fraction of sp³-hybridized carbons (Fsp3) is 0.769. The highest BCUT2D eigenvalue weighted by molar-refractivity contribution is 6.00. The van der Waals surface area contributed by atoms with Gasteiger partial charge in [-0.15, -0.1) is 0 Å². The number of carbonyl (C=O) groups excluding carboxylic acids is 3. The summed E-state index contributed by atoms with van der Waals surface area (Å²) in [6, 6.07) is 0. The zero-order chi connectivity index (χ0) is 12.4. The molecule has 0 spiro atoms. The van der Waals surface area contributed by atoms with Crippen molar-refractivity contribution < 1.29 is 14.4 Å². The molecule has 0 saturated heterocycles. The highest BCUT2D eigenvalue weighted by Crippen LogP contribution is 2.06. The monoisotopic (exact) mass is 226 g/mol. The summed E-state index contributed by atoms with van der Waals surface area (Å²) in [4.78, 5) is 33.3. The Hall–Kier alpha value is -0.990. The molecule has 0 amide bonds. The second-order valence-electron chi connectivity index (χ2n) is 4.27. The average molecular weight is 226 g/mol. The molecule has 0 aliphatic carbocycles. The second-order valence-corrected chi connectivity index (χ2v) is 4.27. The van der Waals surface area contributed by atoms with Crippen molar-refractivity contribution in [3.05, 3.63) is 0 Å². The van der Waals surface area contributed by atoms with E-state index in [1.54, 1.807) is 0 Å². The first-order valence-electron chi connectivity index (χ1n) is 6.09. The largest absolute Gasteiger partial charge is 0.300 e. The molecule has 92 valence electrons. The predicted molar refractivity (Wildman–Crippen MR) is 63.3 cm³/mol. The van der Waals surface area contributed by atoms with Crippen LogP contribution in [0.25, 0.3) is 0 Å². The van der Waals surface area contributed by atoms with Crippen LogP contribution in [-0.2, 0) is 14.4 Å². The second kappa shape index (κ2) is 9.25. The summed E-state index contributed by atoms with van der Waals surface area (Å²) in [5.74, 6) is -0.0795. The summed E-state index contributed by atoms with van der Waals surface area (Å²) in [6.07, 6.45) is 5.23. The maximum Gasteiger partial charge on any atom is 0.140 e. The van der Waals surface area contributed by atoms with Crippen LogP contribution in [0.4, 0.5) is 0 Å². The van der Waals surface area contributed by atoms with Crippen molar-refractivity contribution in [3.63, 3.8) is 0 Å². The summed E-state index contributed by atoms with van der Waals surface area (Å²) in [6.45, 7) is 3.58. The van der Waals surface area contributed by atoms with E-state index in [9.17, 15) is 14.4 Å². The molecule has 0 aliphatic rings. The Kier molecular flexibility index (Phi) is 8.68. The van der Waals surface area contributed by atoms with Gasteiger partial charge >= 0.3 is 0 Å². The van der Waals surface area contributed by atoms with Gasteiger partial charge in [0.1, 0.15) is 17.3 Å². The van der Waals surface area contributed by atoms with Crippen LogP contribution < -0.4 is 0 Å². The van der Waals surface area contributed by atoms with Gasteiger partial charge in [-0.25, -0.2) is 0 Å². The molecule has 16 heavy (non-hydrogen) atoms. The normalized spacial score (nSPS) is 10.1. The average Bonchev–Trinajstić information content (AvgIpc) is 2.21. The standard InChI is InChI=1S/C13H22O3/c1-3-4-5-6-7-12(15)10-13(16)9-8-11(2)14/h3-10H2,1-2H3. The van der Waals surface area contributed by atoms with E-state index in [1.807, 2.05) is 0 Å². The van der Waals surface area contributed by atoms with Gasteiger partial charge in [0.25, 0.3) is 0 Å². The lowest BCUT2D eigenvalue weighted by Gasteiger charge is -2.00. The molecule has 0 rings (SSSR count). The first kappa shape index (κ1) is 15.0. The number of hydrogen-bond acceptors (Lipinski definition) is 3. The molecule has 0 aromatic carbocycles. The third-order valence-corrected chi connectivity index (χ3v) is 2.46. The maximum atomic E-state index is 11.4. The Morgan fingerprint density at radius 3 is 2.00 bits per heavy atom. The van der Waals surface area contributed by atoms with Crippen molar-refractivity contribution in [1.82, 2.24) is 0 Å². The van der Waals surface area contributed by atoms with Gasteiger partial charge in [0.2, 0.25) is 0 Å². The molecule has 3 heteroatoms. The summed E-state index contributed by atoms with van der Waals surface area (Å²) in [7, 11) is 0. The van der Waals surface area contributed by atoms with E-state index < -0.39 is 0 Å². The lowest BCUT2D eigenvalue weighted by Crippen LogP contribution is -2.08. The van der Waals surface area contributed by atoms with Crippen LogP contribution in [0, 0.1) is 0 Å². The van der Waals surface area contributed by atoms with Gasteiger partial charge < -0.3 is 4.79 Å². The molecule has 0 heterocycles. The van der Waals surface area contributed by atoms with Crippen LogP contribution in [0.1, 0.15) is 65.2 Å². The Bertz CT molecular complexity index is 244. The SMILES string of the molecule is CCCCCCC(=O)CC(=O)CCC(C)=O. The van der Waals surface area contributed by atoms with Crippen molar-refractivity contribution in [1.29, 1.82) is 0 Å². The molecular formula is C13H22O3. The van der Waals surface area contributed by atoms with Gasteiger partial charge in [-0.3, -0.25) is 9.59 Å². The Balaban J connectivity index is 3.54. The van der Waals surface area contributed by atoms with Crippen molar-refractivity contribution in [2.45, 2.75) is 65.2 Å². The number of hydrogen-bond donors (Lipinski definition) is 0. The first-order valence-corrected chi connectivity index (χ1v) is 6.09. The predicted octanol–water partition coefficient (Wildman–Crippen LogP) is 2.85. The van der Waals surface area contributed by atoms with E-state index in [1.165, 1.54) is 6.92 Å². The third-order valence-electron chi connectivity index (χ3n) is 2.46. The highest BCUT2D eigenvalue weighted by atomic mass is 16.1. The van der Waals surface area contributed by atoms with Gasteiger partial charge in [0.05, 0.1) is 6.42 Å². The molecule has 0 aliphatic heterocycles. The van der Waals surface area contributed by atoms with E-state index in [2.05, 4.69) is 6.92 Å². The van der Waals surface area contributed by atoms with Crippen LogP contribution >= 0.6 is 0 Å². The van der Waals surface area contributed by atoms with Crippen LogP contribution in [-0.4, -0.2) is 17.3 Å². The molecule has 3 nitrogen and oxygen atoms in total. The van der Waals surface area contributed by atoms with Gasteiger partial charge in [-0.05, 0) is 13.3 Å². The Morgan fingerprint density at radius 2 is 1.44 bits per heavy atom. The Morgan fingerprint density at radius 1 is 0.812 bits per heavy atom. The van der Waals surface area contributed by atoms with Crippen molar-refractivity contribution in [2.75, 3.05) is 0 Å². The highest BCUT2D eigenvalue weighted by Gasteiger charge is 2.09. The lowest BCUT2D eigenvalue weighted by molar-refractivity contribution is -0.128. The molecular weight excluding hydrogens is 204 g/mol. The summed E-state index contributed by atoms with van der Waals surface area (Å²) >= 11 is 0. The van der Waals surface area contributed by atoms with E-state index in [-0.39, 0.29) is 36.6 Å². The molecule has 0 aromatic rings. The van der Waals surface area contributed by atoms with Crippen LogP contribution in [0.15, 0.2) is 0 Å². The van der Waals surface area contributed by atoms with Crippen molar-refractivity contribution in [3.8, 4) is 0 Å². The van der Waals surface area contributed by atoms with Crippen molar-refractivity contribution in [2.24, 2.45) is 0 Å². The zero-order valence-corrected chi connectivity index (χ0v) is 10.4. The maximum absolute atomic E-state index is 11.4. The van der Waals surface area contributed by atoms with E-state index in [4.69, 9.17) is 0 Å². The summed E-state index contributed by atoms with van der Waals surface area (Å²) < 4.78 is 0. The minimum absolute atomic E-state index is 0.00347. The Labute approximate surface area is 97.6 Å². The van der Waals surface area contributed by atoms with E-state index >= 15 is 0 Å². The fourth-order valence-corrected chi connectivity index (χ4v) is 1.46. The smallest absolute Gasteiger partial charge is 0.140 e. The zero-order valence-electron chi connectivity index (χ0n) is 10.4.